The van der Waals surface area contributed by atoms with E-state index in [2.05, 4.69) is 42.8 Å². The first kappa shape index (κ1) is 32.3. The van der Waals surface area contributed by atoms with Gasteiger partial charge in [0.1, 0.15) is 24.1 Å². The van der Waals surface area contributed by atoms with Crippen molar-refractivity contribution >= 4 is 5.97 Å². The molecule has 0 aliphatic carbocycles. The van der Waals surface area contributed by atoms with Crippen LogP contribution in [0.25, 0.3) is 0 Å². The minimum Gasteiger partial charge on any atom is -0.507 e. The molecule has 4 aliphatic heterocycles. The van der Waals surface area contributed by atoms with E-state index in [0.717, 1.165) is 33.6 Å². The van der Waals surface area contributed by atoms with E-state index < -0.39 is 12.1 Å². The first-order valence-electron chi connectivity index (χ1n) is 14.7. The maximum atomic E-state index is 12.6. The number of methoxy groups -OCH3 is 1. The number of hydrogen-bond donors (Lipinski definition) is 1. The Bertz CT molecular complexity index is 1470. The number of fused-ring (bicyclic) bond motifs is 9. The van der Waals surface area contributed by atoms with Gasteiger partial charge in [-0.15, -0.1) is 0 Å². The van der Waals surface area contributed by atoms with Crippen molar-refractivity contribution in [1.82, 2.24) is 9.80 Å². The second kappa shape index (κ2) is 12.7. The molecule has 4 aliphatic rings. The van der Waals surface area contributed by atoms with Gasteiger partial charge in [-0.3, -0.25) is 14.6 Å². The van der Waals surface area contributed by atoms with Crippen LogP contribution in [0.1, 0.15) is 70.8 Å². The number of aryl methyl sites for hydroxylation is 1. The van der Waals surface area contributed by atoms with Crippen LogP contribution in [0.2, 0.25) is 0 Å². The molecule has 0 saturated carbocycles. The SMILES string of the molecule is CCCC(=O)OC[C@H]1c2c(c(O)c(C)c3c2OCO3)CC2[C@H]3c4c(cc(C)c(C)c4OCOC)C[C@H]([C@H](C#N)N21)N3C.[Ac]. The fraction of sp³-hybridized carbons (Fsp3) is 0.562. The summed E-state index contributed by atoms with van der Waals surface area (Å²) in [6, 6.07) is 3.34. The quantitative estimate of drug-likeness (QED) is 0.324. The van der Waals surface area contributed by atoms with E-state index in [-0.39, 0.29) is 94.1 Å². The number of carbonyl (C=O) groups is 1. The third kappa shape index (κ3) is 5.12. The predicted molar refractivity (Wildman–Crippen MR) is 153 cm³/mol. The molecule has 6 rings (SSSR count). The summed E-state index contributed by atoms with van der Waals surface area (Å²) in [7, 11) is 3.68. The number of aromatic hydroxyl groups is 1. The van der Waals surface area contributed by atoms with Gasteiger partial charge in [-0.25, -0.2) is 0 Å². The van der Waals surface area contributed by atoms with Crippen molar-refractivity contribution in [3.05, 3.63) is 45.0 Å². The molecule has 2 aromatic carbocycles. The largest absolute Gasteiger partial charge is 0.507 e. The van der Waals surface area contributed by atoms with Gasteiger partial charge >= 0.3 is 5.97 Å². The summed E-state index contributed by atoms with van der Waals surface area (Å²) in [4.78, 5) is 17.2. The summed E-state index contributed by atoms with van der Waals surface area (Å²) in [6.07, 6.45) is 2.12. The van der Waals surface area contributed by atoms with Gasteiger partial charge in [0.15, 0.2) is 18.3 Å². The Morgan fingerprint density at radius 2 is 1.88 bits per heavy atom. The van der Waals surface area contributed by atoms with Crippen molar-refractivity contribution in [3.63, 3.8) is 0 Å². The van der Waals surface area contributed by atoms with Crippen molar-refractivity contribution in [2.24, 2.45) is 0 Å². The molecule has 1 radical (unpaired) electrons. The summed E-state index contributed by atoms with van der Waals surface area (Å²) in [5, 5.41) is 22.3. The molecule has 2 bridgehead atoms. The number of piperazine rings is 1. The number of ether oxygens (including phenoxy) is 5. The number of rotatable bonds is 7. The van der Waals surface area contributed by atoms with E-state index in [1.807, 2.05) is 13.8 Å². The molecule has 2 aromatic rings. The Balaban J connectivity index is 0.00000368. The van der Waals surface area contributed by atoms with E-state index in [4.69, 9.17) is 23.7 Å². The van der Waals surface area contributed by atoms with Crippen LogP contribution < -0.4 is 14.2 Å². The van der Waals surface area contributed by atoms with Crippen molar-refractivity contribution in [2.45, 2.75) is 83.6 Å². The molecule has 0 aromatic heterocycles. The summed E-state index contributed by atoms with van der Waals surface area (Å²) in [5.74, 6) is 1.74. The van der Waals surface area contributed by atoms with E-state index in [0.29, 0.717) is 42.7 Å². The van der Waals surface area contributed by atoms with Crippen LogP contribution in [0.3, 0.4) is 0 Å². The zero-order valence-corrected chi connectivity index (χ0v) is 30.5. The van der Waals surface area contributed by atoms with Crippen LogP contribution in [0, 0.1) is 76.2 Å². The summed E-state index contributed by atoms with van der Waals surface area (Å²) in [6.45, 7) is 8.10. The maximum Gasteiger partial charge on any atom is 0.305 e. The minimum atomic E-state index is -0.513. The Labute approximate surface area is 288 Å². The van der Waals surface area contributed by atoms with Crippen LogP contribution in [-0.4, -0.2) is 73.4 Å². The monoisotopic (exact) mass is 804 g/mol. The van der Waals surface area contributed by atoms with E-state index >= 15 is 0 Å². The standard InChI is InChI=1S/C32H39N3O7.Ac/c1-7-8-25(36)39-13-24-27-20(29(37)18(4)31-32(27)42-15-41-31)11-22-28-26-19(9-16(2)17(3)30(26)40-14-38-6)10-21(34(28)5)23(12-33)35(22)24;/h9,21-24,28,37H,7-8,10-11,13-15H2,1-6H3;/t21-,22?,23+,24+,28+;/m1./s1. The molecule has 227 valence electrons. The fourth-order valence-corrected chi connectivity index (χ4v) is 7.60. The van der Waals surface area contributed by atoms with Crippen LogP contribution in [0.4, 0.5) is 0 Å². The second-order valence-electron chi connectivity index (χ2n) is 11.8. The van der Waals surface area contributed by atoms with E-state index in [1.165, 1.54) is 5.56 Å². The number of nitriles is 1. The van der Waals surface area contributed by atoms with Gasteiger partial charge in [-0.05, 0) is 63.8 Å². The van der Waals surface area contributed by atoms with Crippen molar-refractivity contribution in [3.8, 4) is 29.1 Å². The van der Waals surface area contributed by atoms with Gasteiger partial charge in [-0.2, -0.15) is 5.26 Å². The number of benzene rings is 2. The van der Waals surface area contributed by atoms with Gasteiger partial charge in [0.25, 0.3) is 0 Å². The van der Waals surface area contributed by atoms with Gasteiger partial charge in [0.2, 0.25) is 6.79 Å². The first-order valence-corrected chi connectivity index (χ1v) is 14.7. The number of carbonyl (C=O) groups excluding carboxylic acids is 1. The zero-order chi connectivity index (χ0) is 29.9. The Morgan fingerprint density at radius 3 is 2.58 bits per heavy atom. The smallest absolute Gasteiger partial charge is 0.305 e. The summed E-state index contributed by atoms with van der Waals surface area (Å²) < 4.78 is 29.2. The zero-order valence-electron chi connectivity index (χ0n) is 25.7. The Hall–Kier alpha value is -2.08. The number of phenols is 1. The average molecular weight is 805 g/mol. The molecule has 5 atom stereocenters. The molecular formula is C32H39AcN3O7. The van der Waals surface area contributed by atoms with Gasteiger partial charge < -0.3 is 28.8 Å². The van der Waals surface area contributed by atoms with E-state index in [1.54, 1.807) is 7.11 Å². The molecule has 10 nitrogen and oxygen atoms in total. The predicted octanol–water partition coefficient (Wildman–Crippen LogP) is 4.14. The summed E-state index contributed by atoms with van der Waals surface area (Å²) >= 11 is 0. The normalized spacial score (nSPS) is 25.1. The van der Waals surface area contributed by atoms with Gasteiger partial charge in [-0.1, -0.05) is 13.0 Å². The molecule has 4 heterocycles. The fourth-order valence-electron chi connectivity index (χ4n) is 7.60. The minimum absolute atomic E-state index is 0. The third-order valence-electron chi connectivity index (χ3n) is 9.61. The Kier molecular flexibility index (Phi) is 9.57. The van der Waals surface area contributed by atoms with Crippen LogP contribution >= 0.6 is 0 Å². The van der Waals surface area contributed by atoms with Crippen LogP contribution in [-0.2, 0) is 27.1 Å². The van der Waals surface area contributed by atoms with Crippen LogP contribution in [0.15, 0.2) is 6.07 Å². The molecule has 0 spiro atoms. The number of likely N-dealkylation sites (N-methyl/N-ethyl adjacent to an activating group) is 1. The summed E-state index contributed by atoms with van der Waals surface area (Å²) in [5.41, 5.74) is 6.54. The topological polar surface area (TPSA) is 114 Å². The average Bonchev–Trinajstić information content (AvgIpc) is 3.46. The van der Waals surface area contributed by atoms with Crippen molar-refractivity contribution in [1.29, 1.82) is 5.26 Å². The molecular weight excluding hydrogens is 765 g/mol. The number of hydrogen-bond acceptors (Lipinski definition) is 10. The van der Waals surface area contributed by atoms with E-state index in [9.17, 15) is 15.2 Å². The number of esters is 1. The van der Waals surface area contributed by atoms with Crippen LogP contribution in [0.5, 0.6) is 23.0 Å². The molecule has 1 fully saturated rings. The second-order valence-corrected chi connectivity index (χ2v) is 11.8. The molecule has 1 N–H and O–H groups in total. The van der Waals surface area contributed by atoms with Gasteiger partial charge in [0.05, 0.1) is 18.2 Å². The maximum absolute atomic E-state index is 12.6. The first-order chi connectivity index (χ1) is 20.2. The van der Waals surface area contributed by atoms with Crippen molar-refractivity contribution < 1.29 is 77.6 Å². The number of phenolic OH excluding ortho intramolecular Hbond substituents is 1. The number of nitrogens with zero attached hydrogens (tertiary/aromatic N) is 3. The van der Waals surface area contributed by atoms with Gasteiger partial charge in [0, 0.05) is 91.9 Å². The molecule has 0 amide bonds. The Morgan fingerprint density at radius 1 is 1.14 bits per heavy atom. The molecule has 1 unspecified atom stereocenters. The molecule has 1 saturated heterocycles. The molecule has 43 heavy (non-hydrogen) atoms. The third-order valence-corrected chi connectivity index (χ3v) is 9.61. The molecule has 11 heteroatoms. The van der Waals surface area contributed by atoms with Crippen molar-refractivity contribution in [2.75, 3.05) is 34.4 Å².